The Hall–Kier alpha value is -1.52. The normalized spacial score (nSPS) is 37.8. The van der Waals surface area contributed by atoms with E-state index in [1.807, 2.05) is 13.8 Å². The maximum absolute atomic E-state index is 12.7. The number of ketones is 2. The van der Waals surface area contributed by atoms with Crippen molar-refractivity contribution in [3.8, 4) is 0 Å². The molecular weight excluding hydrogens is 330 g/mol. The molecule has 0 aromatic heterocycles. The number of hydrogen-bond donors (Lipinski definition) is 0. The Morgan fingerprint density at radius 3 is 1.92 bits per heavy atom. The maximum Gasteiger partial charge on any atom is 0.233 e. The van der Waals surface area contributed by atoms with Gasteiger partial charge in [-0.1, -0.05) is 0 Å². The van der Waals surface area contributed by atoms with Crippen LogP contribution in [0.3, 0.4) is 0 Å². The lowest BCUT2D eigenvalue weighted by Gasteiger charge is -2.40. The van der Waals surface area contributed by atoms with Crippen LogP contribution < -0.4 is 0 Å². The Kier molecular flexibility index (Phi) is 5.36. The van der Waals surface area contributed by atoms with Crippen molar-refractivity contribution >= 4 is 23.4 Å². The number of imide groups is 1. The third kappa shape index (κ3) is 3.25. The van der Waals surface area contributed by atoms with Crippen LogP contribution in [0.1, 0.15) is 66.2 Å². The number of rotatable bonds is 4. The molecule has 144 valence electrons. The molecule has 2 amide bonds. The van der Waals surface area contributed by atoms with Gasteiger partial charge in [0.05, 0.1) is 11.8 Å². The minimum Gasteiger partial charge on any atom is -0.300 e. The van der Waals surface area contributed by atoms with Crippen LogP contribution in [0.4, 0.5) is 0 Å². The summed E-state index contributed by atoms with van der Waals surface area (Å²) in [4.78, 5) is 50.7. The van der Waals surface area contributed by atoms with E-state index in [-0.39, 0.29) is 53.1 Å². The molecule has 3 fully saturated rings. The number of fused-ring (bicyclic) bond motifs is 1. The van der Waals surface area contributed by atoms with Gasteiger partial charge in [0.2, 0.25) is 11.8 Å². The third-order valence-corrected chi connectivity index (χ3v) is 7.12. The fourth-order valence-corrected chi connectivity index (χ4v) is 5.74. The van der Waals surface area contributed by atoms with Crippen molar-refractivity contribution in [1.29, 1.82) is 0 Å². The molecule has 2 saturated carbocycles. The summed E-state index contributed by atoms with van der Waals surface area (Å²) in [5.74, 6) is 0.395. The van der Waals surface area contributed by atoms with E-state index in [0.29, 0.717) is 11.8 Å². The van der Waals surface area contributed by atoms with Crippen LogP contribution in [0, 0.1) is 35.5 Å². The number of Topliss-reactive ketones (excluding diaryl/α,β-unsaturated/α-hetero) is 2. The van der Waals surface area contributed by atoms with E-state index < -0.39 is 0 Å². The Balaban J connectivity index is 1.71. The van der Waals surface area contributed by atoms with E-state index in [9.17, 15) is 19.2 Å². The third-order valence-electron chi connectivity index (χ3n) is 7.12. The van der Waals surface area contributed by atoms with Crippen molar-refractivity contribution in [2.45, 2.75) is 72.3 Å². The highest BCUT2D eigenvalue weighted by atomic mass is 16.2. The highest BCUT2D eigenvalue weighted by Gasteiger charge is 2.52. The van der Waals surface area contributed by atoms with Crippen LogP contribution in [0.2, 0.25) is 0 Å². The molecule has 6 unspecified atom stereocenters. The first kappa shape index (κ1) is 19.2. The van der Waals surface area contributed by atoms with Crippen molar-refractivity contribution in [1.82, 2.24) is 4.90 Å². The van der Waals surface area contributed by atoms with Gasteiger partial charge in [-0.2, -0.15) is 0 Å². The molecule has 3 rings (SSSR count). The van der Waals surface area contributed by atoms with Gasteiger partial charge in [-0.25, -0.2) is 0 Å². The van der Waals surface area contributed by atoms with Crippen LogP contribution in [0.25, 0.3) is 0 Å². The number of carbonyl (C=O) groups excluding carboxylic acids is 4. The first-order chi connectivity index (χ1) is 12.2. The molecule has 26 heavy (non-hydrogen) atoms. The number of nitrogens with zero attached hydrogens (tertiary/aromatic N) is 1. The largest absolute Gasteiger partial charge is 0.300 e. The molecule has 1 aliphatic heterocycles. The predicted molar refractivity (Wildman–Crippen MR) is 97.0 cm³/mol. The molecule has 0 spiro atoms. The van der Waals surface area contributed by atoms with Crippen LogP contribution in [0.15, 0.2) is 0 Å². The zero-order valence-corrected chi connectivity index (χ0v) is 16.4. The summed E-state index contributed by atoms with van der Waals surface area (Å²) in [6.07, 6.45) is 4.98. The first-order valence-corrected chi connectivity index (χ1v) is 10.1. The smallest absolute Gasteiger partial charge is 0.233 e. The van der Waals surface area contributed by atoms with Crippen molar-refractivity contribution in [2.75, 3.05) is 0 Å². The Morgan fingerprint density at radius 1 is 0.808 bits per heavy atom. The van der Waals surface area contributed by atoms with E-state index in [4.69, 9.17) is 0 Å². The van der Waals surface area contributed by atoms with E-state index >= 15 is 0 Å². The van der Waals surface area contributed by atoms with Crippen LogP contribution in [0.5, 0.6) is 0 Å². The standard InChI is InChI=1S/C21H31NO4/c1-11(2)22-20(25)17-8-6-15(10-19(17)21(22)26)14-5-7-16(12(3)23)18(9-14)13(4)24/h11,14-19H,5-10H2,1-4H3. The molecule has 0 N–H and O–H groups in total. The minimum atomic E-state index is -0.176. The lowest BCUT2D eigenvalue weighted by atomic mass is 9.62. The molecule has 0 radical (unpaired) electrons. The van der Waals surface area contributed by atoms with Gasteiger partial charge in [0.25, 0.3) is 0 Å². The van der Waals surface area contributed by atoms with Gasteiger partial charge >= 0.3 is 0 Å². The predicted octanol–water partition coefficient (Wildman–Crippen LogP) is 3.01. The second-order valence-electron chi connectivity index (χ2n) is 8.93. The van der Waals surface area contributed by atoms with E-state index in [1.165, 1.54) is 4.90 Å². The molecular formula is C21H31NO4. The first-order valence-electron chi connectivity index (χ1n) is 10.1. The summed E-state index contributed by atoms with van der Waals surface area (Å²) in [6, 6.07) is -0.0767. The van der Waals surface area contributed by atoms with Gasteiger partial charge in [0.1, 0.15) is 11.6 Å². The Labute approximate surface area is 155 Å². The van der Waals surface area contributed by atoms with Crippen molar-refractivity contribution in [3.63, 3.8) is 0 Å². The molecule has 3 aliphatic rings. The topological polar surface area (TPSA) is 71.5 Å². The van der Waals surface area contributed by atoms with Gasteiger partial charge in [-0.3, -0.25) is 24.1 Å². The molecule has 0 aromatic rings. The highest BCUT2D eigenvalue weighted by molar-refractivity contribution is 6.05. The van der Waals surface area contributed by atoms with Gasteiger partial charge < -0.3 is 0 Å². The zero-order valence-electron chi connectivity index (χ0n) is 16.4. The average Bonchev–Trinajstić information content (AvgIpc) is 2.84. The number of likely N-dealkylation sites (tertiary alicyclic amines) is 1. The molecule has 0 aromatic carbocycles. The van der Waals surface area contributed by atoms with Crippen molar-refractivity contribution in [3.05, 3.63) is 0 Å². The fourth-order valence-electron chi connectivity index (χ4n) is 5.74. The molecule has 2 aliphatic carbocycles. The number of carbonyl (C=O) groups is 4. The van der Waals surface area contributed by atoms with E-state index in [1.54, 1.807) is 13.8 Å². The molecule has 1 heterocycles. The van der Waals surface area contributed by atoms with Crippen molar-refractivity contribution < 1.29 is 19.2 Å². The van der Waals surface area contributed by atoms with E-state index in [2.05, 4.69) is 0 Å². The van der Waals surface area contributed by atoms with Gasteiger partial charge in [-0.05, 0) is 78.1 Å². The second kappa shape index (κ2) is 7.24. The Morgan fingerprint density at radius 2 is 1.35 bits per heavy atom. The van der Waals surface area contributed by atoms with Crippen LogP contribution in [-0.4, -0.2) is 34.3 Å². The zero-order chi connectivity index (χ0) is 19.2. The molecule has 0 bridgehead atoms. The fraction of sp³-hybridized carbons (Fsp3) is 0.810. The van der Waals surface area contributed by atoms with Crippen molar-refractivity contribution in [2.24, 2.45) is 35.5 Å². The molecule has 5 nitrogen and oxygen atoms in total. The van der Waals surface area contributed by atoms with Gasteiger partial charge in [0, 0.05) is 17.9 Å². The minimum absolute atomic E-state index is 0.000222. The SMILES string of the molecule is CC(=O)C1CCC(C2CCC3C(=O)N(C(C)C)C(=O)C3C2)CC1C(C)=O. The quantitative estimate of drug-likeness (QED) is 0.722. The number of amides is 2. The lowest BCUT2D eigenvalue weighted by Crippen LogP contribution is -2.38. The summed E-state index contributed by atoms with van der Waals surface area (Å²) in [6.45, 7) is 6.98. The summed E-state index contributed by atoms with van der Waals surface area (Å²) in [7, 11) is 0. The highest BCUT2D eigenvalue weighted by Crippen LogP contribution is 2.48. The van der Waals surface area contributed by atoms with E-state index in [0.717, 1.165) is 38.5 Å². The van der Waals surface area contributed by atoms with Crippen LogP contribution in [-0.2, 0) is 19.2 Å². The molecule has 5 heteroatoms. The maximum atomic E-state index is 12.7. The lowest BCUT2D eigenvalue weighted by molar-refractivity contribution is -0.141. The Bertz CT molecular complexity index is 626. The second-order valence-corrected chi connectivity index (χ2v) is 8.93. The summed E-state index contributed by atoms with van der Waals surface area (Å²) in [5, 5.41) is 0. The number of hydrogen-bond acceptors (Lipinski definition) is 4. The molecule has 1 saturated heterocycles. The summed E-state index contributed by atoms with van der Waals surface area (Å²) in [5.41, 5.74) is 0. The summed E-state index contributed by atoms with van der Waals surface area (Å²) < 4.78 is 0. The van der Waals surface area contributed by atoms with Gasteiger partial charge in [-0.15, -0.1) is 0 Å². The molecule has 6 atom stereocenters. The van der Waals surface area contributed by atoms with Crippen LogP contribution >= 0.6 is 0 Å². The monoisotopic (exact) mass is 361 g/mol. The summed E-state index contributed by atoms with van der Waals surface area (Å²) >= 11 is 0. The average molecular weight is 361 g/mol. The van der Waals surface area contributed by atoms with Gasteiger partial charge in [0.15, 0.2) is 0 Å².